The highest BCUT2D eigenvalue weighted by molar-refractivity contribution is 5.46. The van der Waals surface area contributed by atoms with Gasteiger partial charge in [0, 0.05) is 62.6 Å². The molecule has 28 heavy (non-hydrogen) atoms. The fraction of sp³-hybridized carbons (Fsp3) is 0.250. The van der Waals surface area contributed by atoms with Crippen molar-refractivity contribution < 1.29 is 4.39 Å². The first-order valence-corrected chi connectivity index (χ1v) is 9.82. The van der Waals surface area contributed by atoms with Crippen LogP contribution in [0, 0.1) is 12.2 Å². The molecule has 0 amide bonds. The second-order valence-corrected chi connectivity index (χ2v) is 7.20. The summed E-state index contributed by atoms with van der Waals surface area (Å²) in [6.07, 6.45) is 4.00. The topological polar surface area (TPSA) is 19.4 Å². The van der Waals surface area contributed by atoms with Gasteiger partial charge in [-0.25, -0.2) is 4.39 Å². The molecule has 1 aliphatic rings. The molecule has 0 spiro atoms. The maximum atomic E-state index is 13.4. The van der Waals surface area contributed by atoms with Crippen molar-refractivity contribution in [3.63, 3.8) is 0 Å². The number of benzene rings is 2. The fourth-order valence-corrected chi connectivity index (χ4v) is 3.75. The number of halogens is 1. The molecule has 1 unspecified atom stereocenters. The lowest BCUT2D eigenvalue weighted by molar-refractivity contribution is 0.249. The number of piperazine rings is 1. The molecule has 0 N–H and O–H groups in total. The van der Waals surface area contributed by atoms with Crippen LogP contribution < -0.4 is 4.90 Å². The Hall–Kier alpha value is -2.72. The van der Waals surface area contributed by atoms with Crippen LogP contribution in [-0.2, 0) is 0 Å². The molecule has 0 aliphatic carbocycles. The molecule has 2 aromatic carbocycles. The quantitative estimate of drug-likeness (QED) is 0.638. The lowest BCUT2D eigenvalue weighted by atomic mass is 9.93. The Morgan fingerprint density at radius 1 is 0.857 bits per heavy atom. The molecule has 4 rings (SSSR count). The molecular weight excluding hydrogens is 349 g/mol. The summed E-state index contributed by atoms with van der Waals surface area (Å²) in [4.78, 5) is 9.38. The van der Waals surface area contributed by atoms with E-state index in [1.807, 2.05) is 36.5 Å². The Labute approximate surface area is 166 Å². The summed E-state index contributed by atoms with van der Waals surface area (Å²) in [5.41, 5.74) is 3.37. The first-order valence-electron chi connectivity index (χ1n) is 9.82. The van der Waals surface area contributed by atoms with Crippen molar-refractivity contribution in [2.24, 2.45) is 0 Å². The van der Waals surface area contributed by atoms with Crippen LogP contribution in [0.25, 0.3) is 0 Å². The van der Waals surface area contributed by atoms with Crippen molar-refractivity contribution >= 4 is 5.69 Å². The summed E-state index contributed by atoms with van der Waals surface area (Å²) in [7, 11) is 0. The van der Waals surface area contributed by atoms with Gasteiger partial charge in [-0.2, -0.15) is 0 Å². The molecule has 3 aromatic rings. The number of aromatic nitrogens is 1. The highest BCUT2D eigenvalue weighted by Gasteiger charge is 2.22. The monoisotopic (exact) mass is 374 g/mol. The molecule has 2 heterocycles. The van der Waals surface area contributed by atoms with E-state index in [2.05, 4.69) is 51.5 Å². The number of nitrogens with zero attached hydrogens (tertiary/aromatic N) is 3. The van der Waals surface area contributed by atoms with Crippen molar-refractivity contribution in [3.05, 3.63) is 102 Å². The van der Waals surface area contributed by atoms with Crippen LogP contribution in [0.1, 0.15) is 17.2 Å². The molecule has 1 fully saturated rings. The van der Waals surface area contributed by atoms with Crippen molar-refractivity contribution in [3.8, 4) is 0 Å². The molecular formula is C24H25FN3. The molecule has 1 aliphatic heterocycles. The minimum absolute atomic E-state index is 0.179. The Morgan fingerprint density at radius 2 is 1.57 bits per heavy atom. The maximum Gasteiger partial charge on any atom is 0.123 e. The molecule has 0 bridgehead atoms. The number of para-hydroxylation sites is 1. The third-order valence-electron chi connectivity index (χ3n) is 5.31. The number of hydrogen-bond donors (Lipinski definition) is 0. The fourth-order valence-electron chi connectivity index (χ4n) is 3.75. The van der Waals surface area contributed by atoms with Gasteiger partial charge in [0.1, 0.15) is 5.82 Å². The first kappa shape index (κ1) is 18.6. The van der Waals surface area contributed by atoms with Gasteiger partial charge in [-0.15, -0.1) is 0 Å². The average Bonchev–Trinajstić information content (AvgIpc) is 2.76. The summed E-state index contributed by atoms with van der Waals surface area (Å²) < 4.78 is 13.4. The maximum absolute atomic E-state index is 13.4. The van der Waals surface area contributed by atoms with E-state index >= 15 is 0 Å². The van der Waals surface area contributed by atoms with E-state index in [1.54, 1.807) is 12.1 Å². The van der Waals surface area contributed by atoms with Crippen LogP contribution in [-0.4, -0.2) is 42.6 Å². The Bertz CT molecular complexity index is 844. The highest BCUT2D eigenvalue weighted by atomic mass is 19.1. The standard InChI is InChI=1S/C24H25FN3/c25-22-11-9-20(10-12-22)21(18-23-6-4-5-13-26-23)19-27-14-16-28(17-15-27)24-7-2-1-3-8-24/h1-13,18,21H,14-17,19H2. The zero-order valence-electron chi connectivity index (χ0n) is 15.9. The van der Waals surface area contributed by atoms with Gasteiger partial charge in [-0.1, -0.05) is 36.4 Å². The van der Waals surface area contributed by atoms with Crippen molar-refractivity contribution in [2.75, 3.05) is 37.6 Å². The second kappa shape index (κ2) is 8.98. The molecule has 0 saturated carbocycles. The van der Waals surface area contributed by atoms with Crippen LogP contribution >= 0.6 is 0 Å². The minimum Gasteiger partial charge on any atom is -0.369 e. The molecule has 1 aromatic heterocycles. The van der Waals surface area contributed by atoms with E-state index in [1.165, 1.54) is 5.69 Å². The van der Waals surface area contributed by atoms with Gasteiger partial charge in [0.25, 0.3) is 0 Å². The van der Waals surface area contributed by atoms with Gasteiger partial charge in [0.05, 0.1) is 0 Å². The Morgan fingerprint density at radius 3 is 2.25 bits per heavy atom. The third kappa shape index (κ3) is 4.76. The number of anilines is 1. The van der Waals surface area contributed by atoms with E-state index in [0.29, 0.717) is 0 Å². The van der Waals surface area contributed by atoms with Gasteiger partial charge in [-0.3, -0.25) is 9.88 Å². The Balaban J connectivity index is 1.43. The van der Waals surface area contributed by atoms with Gasteiger partial charge in [-0.05, 0) is 42.0 Å². The van der Waals surface area contributed by atoms with Gasteiger partial charge in [0.2, 0.25) is 0 Å². The first-order chi connectivity index (χ1) is 13.8. The van der Waals surface area contributed by atoms with Gasteiger partial charge in [0.15, 0.2) is 0 Å². The number of pyridine rings is 1. The zero-order valence-corrected chi connectivity index (χ0v) is 15.9. The van der Waals surface area contributed by atoms with E-state index in [4.69, 9.17) is 0 Å². The second-order valence-electron chi connectivity index (χ2n) is 7.20. The smallest absolute Gasteiger partial charge is 0.123 e. The van der Waals surface area contributed by atoms with E-state index in [0.717, 1.165) is 44.0 Å². The predicted molar refractivity (Wildman–Crippen MR) is 112 cm³/mol. The molecule has 1 atom stereocenters. The summed E-state index contributed by atoms with van der Waals surface area (Å²) in [5.74, 6) is -0.0180. The molecule has 4 heteroatoms. The van der Waals surface area contributed by atoms with Crippen molar-refractivity contribution in [1.29, 1.82) is 0 Å². The average molecular weight is 374 g/mol. The van der Waals surface area contributed by atoms with Crippen LogP contribution in [0.5, 0.6) is 0 Å². The highest BCUT2D eigenvalue weighted by Crippen LogP contribution is 2.25. The zero-order chi connectivity index (χ0) is 19.2. The largest absolute Gasteiger partial charge is 0.369 e. The van der Waals surface area contributed by atoms with Crippen LogP contribution in [0.15, 0.2) is 79.0 Å². The molecule has 143 valence electrons. The SMILES string of the molecule is Fc1ccc(C([CH]c2ccccn2)CN2CCN(c3ccccc3)CC2)cc1. The van der Waals surface area contributed by atoms with Gasteiger partial charge < -0.3 is 4.90 Å². The van der Waals surface area contributed by atoms with Crippen molar-refractivity contribution in [2.45, 2.75) is 5.92 Å². The summed E-state index contributed by atoms with van der Waals surface area (Å²) in [6, 6.07) is 23.4. The van der Waals surface area contributed by atoms with E-state index in [-0.39, 0.29) is 11.7 Å². The predicted octanol–water partition coefficient (Wildman–Crippen LogP) is 4.38. The molecule has 1 radical (unpaired) electrons. The van der Waals surface area contributed by atoms with Crippen LogP contribution in [0.2, 0.25) is 0 Å². The lowest BCUT2D eigenvalue weighted by Gasteiger charge is -2.37. The van der Waals surface area contributed by atoms with Crippen molar-refractivity contribution in [1.82, 2.24) is 9.88 Å². The molecule has 1 saturated heterocycles. The normalized spacial score (nSPS) is 16.1. The molecule has 3 nitrogen and oxygen atoms in total. The summed E-state index contributed by atoms with van der Waals surface area (Å²) in [6.45, 7) is 4.98. The number of hydrogen-bond acceptors (Lipinski definition) is 3. The summed E-state index contributed by atoms with van der Waals surface area (Å²) >= 11 is 0. The minimum atomic E-state index is -0.197. The van der Waals surface area contributed by atoms with E-state index in [9.17, 15) is 4.39 Å². The van der Waals surface area contributed by atoms with E-state index < -0.39 is 0 Å². The van der Waals surface area contributed by atoms with Crippen LogP contribution in [0.3, 0.4) is 0 Å². The lowest BCUT2D eigenvalue weighted by Crippen LogP contribution is -2.47. The Kier molecular flexibility index (Phi) is 5.98. The van der Waals surface area contributed by atoms with Gasteiger partial charge >= 0.3 is 0 Å². The van der Waals surface area contributed by atoms with Crippen LogP contribution in [0.4, 0.5) is 10.1 Å². The third-order valence-corrected chi connectivity index (χ3v) is 5.31. The number of rotatable bonds is 6. The summed E-state index contributed by atoms with van der Waals surface area (Å²) in [5, 5.41) is 0.